The second-order valence-corrected chi connectivity index (χ2v) is 22.6. The quantitative estimate of drug-likeness (QED) is 0.220. The minimum absolute atomic E-state index is 0.117. The molecule has 4 rings (SSSR count). The highest BCUT2D eigenvalue weighted by atomic mass is 31.2. The lowest BCUT2D eigenvalue weighted by atomic mass is 10.0. The number of hydrogen-bond acceptors (Lipinski definition) is 0. The average Bonchev–Trinajstić information content (AvgIpc) is 3.56. The summed E-state index contributed by atoms with van der Waals surface area (Å²) in [5.74, 6) is 0.369. The van der Waals surface area contributed by atoms with Crippen LogP contribution in [0.25, 0.3) is 0 Å². The van der Waals surface area contributed by atoms with E-state index in [1.165, 1.54) is 25.7 Å². The van der Waals surface area contributed by atoms with Gasteiger partial charge in [0.05, 0.1) is 32.8 Å². The Morgan fingerprint density at radius 1 is 0.619 bits per heavy atom. The maximum Gasteiger partial charge on any atom is 0.416 e. The Kier molecular flexibility index (Phi) is 9.65. The third-order valence-electron chi connectivity index (χ3n) is 10.1. The summed E-state index contributed by atoms with van der Waals surface area (Å²) in [5, 5.41) is 1.87. The van der Waals surface area contributed by atoms with Gasteiger partial charge in [0.1, 0.15) is 0 Å². The molecule has 2 fully saturated rings. The van der Waals surface area contributed by atoms with Crippen LogP contribution in [0.3, 0.4) is 0 Å². The summed E-state index contributed by atoms with van der Waals surface area (Å²) in [6.45, 7) is 16.9. The highest BCUT2D eigenvalue weighted by Crippen LogP contribution is 2.87. The molecule has 2 saturated carbocycles. The zero-order valence-corrected chi connectivity index (χ0v) is 27.8. The molecule has 234 valence electrons. The smallest absolute Gasteiger partial charge is 0.166 e. The van der Waals surface area contributed by atoms with Crippen LogP contribution in [0.4, 0.5) is 26.3 Å². The molecule has 2 aromatic carbocycles. The standard InChI is InChI=1S/C34H47F6P2/c1-23(29-13-10-14-30(29)42(31(2,3)4,32(5,6)7)28-11-8-9-12-28)41(26-19-15-24(16-20-26)33(35,36)37)27-21-17-25(18-22-27)34(38,39)40/h15-23,28-30H,8-14H2,1-7H3/q+1/t23?,29-,30-/m0/s1. The second kappa shape index (κ2) is 12.0. The van der Waals surface area contributed by atoms with Crippen LogP contribution in [0.1, 0.15) is 105 Å². The molecule has 3 atom stereocenters. The van der Waals surface area contributed by atoms with E-state index in [-0.39, 0.29) is 16.0 Å². The monoisotopic (exact) mass is 631 g/mol. The molecule has 1 unspecified atom stereocenters. The van der Waals surface area contributed by atoms with E-state index in [2.05, 4.69) is 48.5 Å². The van der Waals surface area contributed by atoms with Crippen molar-refractivity contribution in [1.82, 2.24) is 0 Å². The molecule has 0 bridgehead atoms. The van der Waals surface area contributed by atoms with Gasteiger partial charge in [0.25, 0.3) is 0 Å². The van der Waals surface area contributed by atoms with Crippen LogP contribution in [-0.4, -0.2) is 27.3 Å². The van der Waals surface area contributed by atoms with Crippen molar-refractivity contribution in [3.63, 3.8) is 0 Å². The first-order valence-corrected chi connectivity index (χ1v) is 18.7. The minimum Gasteiger partial charge on any atom is -0.166 e. The minimum atomic E-state index is -4.44. The predicted molar refractivity (Wildman–Crippen MR) is 168 cm³/mol. The molecule has 8 heteroatoms. The summed E-state index contributed by atoms with van der Waals surface area (Å²) in [4.78, 5) is 0. The van der Waals surface area contributed by atoms with Gasteiger partial charge >= 0.3 is 12.4 Å². The first-order chi connectivity index (χ1) is 19.3. The van der Waals surface area contributed by atoms with Crippen LogP contribution in [0.2, 0.25) is 0 Å². The molecule has 2 aliphatic rings. The van der Waals surface area contributed by atoms with E-state index in [0.717, 1.165) is 54.1 Å². The summed E-state index contributed by atoms with van der Waals surface area (Å²) < 4.78 is 80.8. The van der Waals surface area contributed by atoms with E-state index in [1.807, 2.05) is 0 Å². The lowest BCUT2D eigenvalue weighted by molar-refractivity contribution is -0.138. The molecular weight excluding hydrogens is 584 g/mol. The van der Waals surface area contributed by atoms with Gasteiger partial charge in [-0.3, -0.25) is 0 Å². The van der Waals surface area contributed by atoms with Crippen molar-refractivity contribution in [1.29, 1.82) is 0 Å². The molecule has 0 amide bonds. The van der Waals surface area contributed by atoms with Gasteiger partial charge in [-0.25, -0.2) is 0 Å². The molecule has 0 saturated heterocycles. The third-order valence-corrected chi connectivity index (χ3v) is 20.9. The Morgan fingerprint density at radius 3 is 1.38 bits per heavy atom. The average molecular weight is 632 g/mol. The van der Waals surface area contributed by atoms with Crippen molar-refractivity contribution < 1.29 is 26.3 Å². The van der Waals surface area contributed by atoms with Crippen LogP contribution in [0.15, 0.2) is 48.5 Å². The third kappa shape index (κ3) is 6.33. The molecule has 0 N–H and O–H groups in total. The van der Waals surface area contributed by atoms with E-state index in [0.29, 0.717) is 17.2 Å². The van der Waals surface area contributed by atoms with Crippen LogP contribution in [-0.2, 0) is 12.4 Å². The van der Waals surface area contributed by atoms with Gasteiger partial charge < -0.3 is 0 Å². The number of benzene rings is 2. The lowest BCUT2D eigenvalue weighted by Gasteiger charge is -2.56. The Labute approximate surface area is 250 Å². The first-order valence-electron chi connectivity index (χ1n) is 15.3. The van der Waals surface area contributed by atoms with Crippen molar-refractivity contribution in [3.8, 4) is 0 Å². The van der Waals surface area contributed by atoms with E-state index in [1.54, 1.807) is 24.3 Å². The Hall–Kier alpha value is -1.12. The van der Waals surface area contributed by atoms with E-state index in [9.17, 15) is 26.3 Å². The maximum absolute atomic E-state index is 13.5. The van der Waals surface area contributed by atoms with E-state index in [4.69, 9.17) is 0 Å². The Bertz CT molecular complexity index is 1110. The van der Waals surface area contributed by atoms with E-state index < -0.39 is 38.7 Å². The fourth-order valence-corrected chi connectivity index (χ4v) is 21.7. The molecule has 42 heavy (non-hydrogen) atoms. The fourth-order valence-electron chi connectivity index (χ4n) is 9.15. The molecule has 0 heterocycles. The highest BCUT2D eigenvalue weighted by Gasteiger charge is 2.68. The molecule has 2 aromatic rings. The number of hydrogen-bond donors (Lipinski definition) is 0. The van der Waals surface area contributed by atoms with Crippen molar-refractivity contribution in [3.05, 3.63) is 59.7 Å². The van der Waals surface area contributed by atoms with Crippen LogP contribution >= 0.6 is 15.2 Å². The lowest BCUT2D eigenvalue weighted by Crippen LogP contribution is -2.48. The maximum atomic E-state index is 13.5. The SMILES string of the molecule is CC([C@@H]1CCC[C@@H]1[P+](C1CCCC1)(C(C)(C)C)C(C)(C)C)P(c1ccc(C(F)(F)F)cc1)c1ccc(C(F)(F)F)cc1. The van der Waals surface area contributed by atoms with Gasteiger partial charge in [0, 0.05) is 13.2 Å². The largest absolute Gasteiger partial charge is 0.416 e. The molecule has 0 aliphatic heterocycles. The number of rotatable bonds is 6. The van der Waals surface area contributed by atoms with E-state index >= 15 is 0 Å². The molecular formula is C34H47F6P2+. The summed E-state index contributed by atoms with van der Waals surface area (Å²) >= 11 is 0. The fraction of sp³-hybridized carbons (Fsp3) is 0.647. The van der Waals surface area contributed by atoms with Gasteiger partial charge in [0.15, 0.2) is 0 Å². The van der Waals surface area contributed by atoms with Crippen LogP contribution in [0, 0.1) is 5.92 Å². The van der Waals surface area contributed by atoms with Crippen molar-refractivity contribution >= 4 is 25.8 Å². The molecule has 0 nitrogen and oxygen atoms in total. The molecule has 2 aliphatic carbocycles. The van der Waals surface area contributed by atoms with Gasteiger partial charge in [-0.05, 0) is 135 Å². The first kappa shape index (κ1) is 33.8. The Morgan fingerprint density at radius 2 is 1.02 bits per heavy atom. The van der Waals surface area contributed by atoms with Crippen molar-refractivity contribution in [2.45, 2.75) is 133 Å². The van der Waals surface area contributed by atoms with Gasteiger partial charge in [-0.2, -0.15) is 26.3 Å². The summed E-state index contributed by atoms with van der Waals surface area (Å²) in [6, 6.07) is 10.8. The molecule has 0 aromatic heterocycles. The summed E-state index contributed by atoms with van der Waals surface area (Å²) in [6.07, 6.45) is -0.443. The zero-order valence-electron chi connectivity index (χ0n) is 26.0. The second-order valence-electron chi connectivity index (χ2n) is 14.4. The van der Waals surface area contributed by atoms with Gasteiger partial charge in [0.2, 0.25) is 0 Å². The highest BCUT2D eigenvalue weighted by molar-refractivity contribution is 7.80. The Balaban J connectivity index is 1.84. The van der Waals surface area contributed by atoms with Gasteiger partial charge in [-0.15, -0.1) is 0 Å². The van der Waals surface area contributed by atoms with Crippen molar-refractivity contribution in [2.24, 2.45) is 5.92 Å². The summed E-state index contributed by atoms with van der Waals surface area (Å²) in [5.41, 5.74) is -0.0482. The molecule has 0 radical (unpaired) electrons. The topological polar surface area (TPSA) is 0 Å². The predicted octanol–water partition coefficient (Wildman–Crippen LogP) is 11.3. The summed E-state index contributed by atoms with van der Waals surface area (Å²) in [7, 11) is -2.83. The molecule has 0 spiro atoms. The number of alkyl halides is 6. The van der Waals surface area contributed by atoms with Crippen LogP contribution < -0.4 is 10.6 Å². The zero-order chi connectivity index (χ0) is 31.3. The van der Waals surface area contributed by atoms with Gasteiger partial charge in [-0.1, -0.05) is 31.2 Å². The van der Waals surface area contributed by atoms with Crippen LogP contribution in [0.5, 0.6) is 0 Å². The number of halogens is 6. The normalized spacial score (nSPS) is 22.2. The van der Waals surface area contributed by atoms with Crippen molar-refractivity contribution in [2.75, 3.05) is 0 Å².